The number of amides is 3. The van der Waals surface area contributed by atoms with Crippen LogP contribution in [0.5, 0.6) is 5.75 Å². The standard InChI is InChI=1S/C29H33N5O4S/c1-38-25-11-7-22(8-12-25)28(37)34(24-9-10-24)19-26(35)31-29-30-23(20-39-29)17-27(36)33-15-13-32(14-16-33)18-21-5-3-2-4-6-21/h2-8,11-12,20,24H,9-10,13-19H2,1H3,(H,30,31,35). The average molecular weight is 548 g/mol. The van der Waals surface area contributed by atoms with E-state index in [9.17, 15) is 14.4 Å². The third-order valence-corrected chi connectivity index (χ3v) is 7.81. The summed E-state index contributed by atoms with van der Waals surface area (Å²) in [5, 5.41) is 5.04. The van der Waals surface area contributed by atoms with E-state index in [0.717, 1.165) is 32.5 Å². The van der Waals surface area contributed by atoms with E-state index in [1.807, 2.05) is 23.1 Å². The number of aromatic nitrogens is 1. The van der Waals surface area contributed by atoms with Gasteiger partial charge in [-0.3, -0.25) is 19.3 Å². The fourth-order valence-corrected chi connectivity index (χ4v) is 5.40. The summed E-state index contributed by atoms with van der Waals surface area (Å²) in [4.78, 5) is 49.0. The van der Waals surface area contributed by atoms with E-state index in [0.29, 0.717) is 35.2 Å². The van der Waals surface area contributed by atoms with E-state index in [2.05, 4.69) is 27.3 Å². The molecule has 3 aromatic rings. The topological polar surface area (TPSA) is 95.1 Å². The lowest BCUT2D eigenvalue weighted by atomic mass is 10.2. The molecule has 5 rings (SSSR count). The predicted molar refractivity (Wildman–Crippen MR) is 150 cm³/mol. The van der Waals surface area contributed by atoms with Gasteiger partial charge in [0.2, 0.25) is 11.8 Å². The highest BCUT2D eigenvalue weighted by atomic mass is 32.1. The van der Waals surface area contributed by atoms with E-state index in [4.69, 9.17) is 4.74 Å². The SMILES string of the molecule is COc1ccc(C(=O)N(CC(=O)Nc2nc(CC(=O)N3CCN(Cc4ccccc4)CC3)cs2)C2CC2)cc1. The van der Waals surface area contributed by atoms with Gasteiger partial charge in [0.15, 0.2) is 5.13 Å². The lowest BCUT2D eigenvalue weighted by Crippen LogP contribution is -2.48. The molecule has 39 heavy (non-hydrogen) atoms. The van der Waals surface area contributed by atoms with Crippen molar-refractivity contribution in [3.8, 4) is 5.75 Å². The highest BCUT2D eigenvalue weighted by Crippen LogP contribution is 2.29. The smallest absolute Gasteiger partial charge is 0.254 e. The number of methoxy groups -OCH3 is 1. The molecule has 1 saturated heterocycles. The summed E-state index contributed by atoms with van der Waals surface area (Å²) in [5.74, 6) is 0.239. The number of nitrogens with one attached hydrogen (secondary N) is 1. The summed E-state index contributed by atoms with van der Waals surface area (Å²) in [6, 6.07) is 17.3. The summed E-state index contributed by atoms with van der Waals surface area (Å²) in [5.41, 5.74) is 2.44. The maximum absolute atomic E-state index is 13.0. The fourth-order valence-electron chi connectivity index (χ4n) is 4.68. The first-order valence-corrected chi connectivity index (χ1v) is 14.1. The van der Waals surface area contributed by atoms with Crippen molar-refractivity contribution >= 4 is 34.2 Å². The van der Waals surface area contributed by atoms with Crippen LogP contribution >= 0.6 is 11.3 Å². The predicted octanol–water partition coefficient (Wildman–Crippen LogP) is 3.28. The molecule has 0 spiro atoms. The van der Waals surface area contributed by atoms with Crippen molar-refractivity contribution in [2.75, 3.05) is 45.2 Å². The van der Waals surface area contributed by atoms with Gasteiger partial charge >= 0.3 is 0 Å². The molecule has 1 aromatic heterocycles. The lowest BCUT2D eigenvalue weighted by molar-refractivity contribution is -0.132. The Labute approximate surface area is 232 Å². The van der Waals surface area contributed by atoms with Crippen molar-refractivity contribution in [3.63, 3.8) is 0 Å². The van der Waals surface area contributed by atoms with Crippen LogP contribution in [0.15, 0.2) is 60.0 Å². The number of hydrogen-bond acceptors (Lipinski definition) is 7. The summed E-state index contributed by atoms with van der Waals surface area (Å²) in [6.45, 7) is 3.91. The summed E-state index contributed by atoms with van der Waals surface area (Å²) in [7, 11) is 1.58. The van der Waals surface area contributed by atoms with E-state index >= 15 is 0 Å². The van der Waals surface area contributed by atoms with Crippen molar-refractivity contribution in [2.24, 2.45) is 0 Å². The van der Waals surface area contributed by atoms with Gasteiger partial charge < -0.3 is 19.9 Å². The van der Waals surface area contributed by atoms with E-state index in [1.165, 1.54) is 16.9 Å². The molecule has 1 saturated carbocycles. The van der Waals surface area contributed by atoms with Crippen LogP contribution in [-0.4, -0.2) is 83.3 Å². The second-order valence-electron chi connectivity index (χ2n) is 9.90. The number of anilines is 1. The molecule has 0 atom stereocenters. The zero-order valence-electron chi connectivity index (χ0n) is 22.0. The number of thiazole rings is 1. The number of piperazine rings is 1. The van der Waals surface area contributed by atoms with Crippen LogP contribution in [0.25, 0.3) is 0 Å². The van der Waals surface area contributed by atoms with E-state index in [1.54, 1.807) is 41.7 Å². The van der Waals surface area contributed by atoms with Gasteiger partial charge in [-0.2, -0.15) is 0 Å². The molecular weight excluding hydrogens is 514 g/mol. The van der Waals surface area contributed by atoms with Gasteiger partial charge in [0.1, 0.15) is 12.3 Å². The van der Waals surface area contributed by atoms with Crippen molar-refractivity contribution in [1.29, 1.82) is 0 Å². The quantitative estimate of drug-likeness (QED) is 0.419. The molecule has 10 heteroatoms. The zero-order valence-corrected chi connectivity index (χ0v) is 22.9. The summed E-state index contributed by atoms with van der Waals surface area (Å²) in [6.07, 6.45) is 1.98. The Morgan fingerprint density at radius 1 is 1.03 bits per heavy atom. The molecule has 1 aliphatic carbocycles. The first kappa shape index (κ1) is 26.8. The van der Waals surface area contributed by atoms with Crippen LogP contribution in [0, 0.1) is 0 Å². The normalized spacial score (nSPS) is 15.6. The van der Waals surface area contributed by atoms with Crippen molar-refractivity contribution in [1.82, 2.24) is 19.7 Å². The first-order chi connectivity index (χ1) is 19.0. The minimum absolute atomic E-state index is 0.0440. The number of benzene rings is 2. The number of carbonyl (C=O) groups excluding carboxylic acids is 3. The summed E-state index contributed by atoms with van der Waals surface area (Å²) < 4.78 is 5.16. The van der Waals surface area contributed by atoms with Gasteiger partial charge in [-0.25, -0.2) is 4.98 Å². The number of carbonyl (C=O) groups is 3. The molecule has 0 bridgehead atoms. The number of hydrogen-bond donors (Lipinski definition) is 1. The molecule has 9 nitrogen and oxygen atoms in total. The summed E-state index contributed by atoms with van der Waals surface area (Å²) >= 11 is 1.29. The van der Waals surface area contributed by atoms with Crippen LogP contribution < -0.4 is 10.1 Å². The molecule has 2 aromatic carbocycles. The second kappa shape index (κ2) is 12.4. The van der Waals surface area contributed by atoms with E-state index in [-0.39, 0.29) is 36.7 Å². The molecule has 2 aliphatic rings. The minimum atomic E-state index is -0.300. The molecule has 2 fully saturated rings. The highest BCUT2D eigenvalue weighted by molar-refractivity contribution is 7.13. The molecular formula is C29H33N5O4S. The molecule has 3 amide bonds. The molecule has 204 valence electrons. The van der Waals surface area contributed by atoms with E-state index < -0.39 is 0 Å². The Kier molecular flexibility index (Phi) is 8.53. The van der Waals surface area contributed by atoms with Gasteiger partial charge in [0.25, 0.3) is 5.91 Å². The van der Waals surface area contributed by atoms with Crippen LogP contribution in [0.1, 0.15) is 34.5 Å². The molecule has 0 radical (unpaired) electrons. The first-order valence-electron chi connectivity index (χ1n) is 13.2. The van der Waals surface area contributed by atoms with Crippen molar-refractivity contribution < 1.29 is 19.1 Å². The zero-order chi connectivity index (χ0) is 27.2. The van der Waals surface area contributed by atoms with Gasteiger partial charge in [-0.15, -0.1) is 11.3 Å². The Bertz CT molecular complexity index is 1280. The Morgan fingerprint density at radius 3 is 2.41 bits per heavy atom. The maximum Gasteiger partial charge on any atom is 0.254 e. The molecule has 1 aliphatic heterocycles. The number of ether oxygens (including phenoxy) is 1. The highest BCUT2D eigenvalue weighted by Gasteiger charge is 2.34. The van der Waals surface area contributed by atoms with Gasteiger partial charge in [0, 0.05) is 49.7 Å². The number of nitrogens with zero attached hydrogens (tertiary/aromatic N) is 4. The maximum atomic E-state index is 13.0. The molecule has 0 unspecified atom stereocenters. The van der Waals surface area contributed by atoms with Crippen molar-refractivity contribution in [3.05, 3.63) is 76.8 Å². The van der Waals surface area contributed by atoms with Gasteiger partial charge in [-0.1, -0.05) is 30.3 Å². The minimum Gasteiger partial charge on any atom is -0.497 e. The monoisotopic (exact) mass is 547 g/mol. The third-order valence-electron chi connectivity index (χ3n) is 7.00. The van der Waals surface area contributed by atoms with Crippen LogP contribution in [-0.2, 0) is 22.6 Å². The third kappa shape index (κ3) is 7.21. The van der Waals surface area contributed by atoms with Gasteiger partial charge in [0.05, 0.1) is 19.2 Å². The molecule has 2 heterocycles. The Hall–Kier alpha value is -3.76. The second-order valence-corrected chi connectivity index (χ2v) is 10.8. The van der Waals surface area contributed by atoms with Crippen molar-refractivity contribution in [2.45, 2.75) is 31.8 Å². The van der Waals surface area contributed by atoms with Crippen LogP contribution in [0.2, 0.25) is 0 Å². The fraction of sp³-hybridized carbons (Fsp3) is 0.379. The Morgan fingerprint density at radius 2 is 1.74 bits per heavy atom. The largest absolute Gasteiger partial charge is 0.497 e. The lowest BCUT2D eigenvalue weighted by Gasteiger charge is -2.34. The van der Waals surface area contributed by atoms with Crippen LogP contribution in [0.3, 0.4) is 0 Å². The Balaban J connectivity index is 1.09. The number of rotatable bonds is 10. The average Bonchev–Trinajstić information content (AvgIpc) is 3.72. The van der Waals surface area contributed by atoms with Crippen LogP contribution in [0.4, 0.5) is 5.13 Å². The van der Waals surface area contributed by atoms with Gasteiger partial charge in [-0.05, 0) is 42.7 Å². The molecule has 1 N–H and O–H groups in total.